The number of hydrogen-bond donors (Lipinski definition) is 1. The molecule has 24 heavy (non-hydrogen) atoms. The van der Waals surface area contributed by atoms with Crippen molar-refractivity contribution in [3.8, 4) is 0 Å². The van der Waals surface area contributed by atoms with Crippen molar-refractivity contribution in [3.63, 3.8) is 0 Å². The number of likely N-dealkylation sites (N-methyl/N-ethyl adjacent to an activating group) is 1. The summed E-state index contributed by atoms with van der Waals surface area (Å²) in [6.45, 7) is 8.99. The fraction of sp³-hybridized carbons (Fsp3) is 0.389. The molecule has 0 saturated carbocycles. The maximum Gasteiger partial charge on any atom is 0.259 e. The van der Waals surface area contributed by atoms with Crippen LogP contribution in [0, 0.1) is 6.92 Å². The van der Waals surface area contributed by atoms with Gasteiger partial charge in [0, 0.05) is 38.1 Å². The van der Waals surface area contributed by atoms with Crippen LogP contribution < -0.4 is 10.2 Å². The van der Waals surface area contributed by atoms with Gasteiger partial charge in [0.15, 0.2) is 0 Å². The summed E-state index contributed by atoms with van der Waals surface area (Å²) in [6.07, 6.45) is 1.63. The maximum atomic E-state index is 12.4. The average Bonchev–Trinajstić information content (AvgIpc) is 2.62. The number of para-hydroxylation sites is 1. The van der Waals surface area contributed by atoms with Crippen LogP contribution in [-0.4, -0.2) is 53.5 Å². The number of anilines is 2. The van der Waals surface area contributed by atoms with Gasteiger partial charge in [0.2, 0.25) is 5.95 Å². The zero-order chi connectivity index (χ0) is 16.9. The summed E-state index contributed by atoms with van der Waals surface area (Å²) in [6, 6.07) is 9.40. The summed E-state index contributed by atoms with van der Waals surface area (Å²) in [7, 11) is 0. The summed E-state index contributed by atoms with van der Waals surface area (Å²) in [5.41, 5.74) is 1.97. The molecule has 1 fully saturated rings. The van der Waals surface area contributed by atoms with Crippen LogP contribution in [0.1, 0.15) is 23.0 Å². The summed E-state index contributed by atoms with van der Waals surface area (Å²) < 4.78 is 0. The first-order chi connectivity index (χ1) is 11.7. The van der Waals surface area contributed by atoms with E-state index in [0.717, 1.165) is 38.4 Å². The first-order valence-corrected chi connectivity index (χ1v) is 8.34. The molecule has 0 unspecified atom stereocenters. The molecule has 1 aliphatic heterocycles. The lowest BCUT2D eigenvalue weighted by atomic mass is 10.2. The molecular weight excluding hydrogens is 302 g/mol. The minimum Gasteiger partial charge on any atom is -0.338 e. The van der Waals surface area contributed by atoms with E-state index < -0.39 is 0 Å². The number of carbonyl (C=O) groups excluding carboxylic acids is 1. The number of piperazine rings is 1. The second-order valence-corrected chi connectivity index (χ2v) is 5.91. The van der Waals surface area contributed by atoms with E-state index in [1.54, 1.807) is 6.20 Å². The van der Waals surface area contributed by atoms with Crippen LogP contribution in [-0.2, 0) is 0 Å². The average molecular weight is 325 g/mol. The molecule has 126 valence electrons. The SMILES string of the molecule is CCN1CCN(c2ncc(C(=O)Nc3ccccc3)c(C)n2)CC1. The van der Waals surface area contributed by atoms with Crippen LogP contribution in [0.3, 0.4) is 0 Å². The van der Waals surface area contributed by atoms with E-state index in [-0.39, 0.29) is 5.91 Å². The zero-order valence-corrected chi connectivity index (χ0v) is 14.2. The molecule has 1 aromatic carbocycles. The lowest BCUT2D eigenvalue weighted by Gasteiger charge is -2.34. The van der Waals surface area contributed by atoms with Gasteiger partial charge in [-0.2, -0.15) is 0 Å². The van der Waals surface area contributed by atoms with Gasteiger partial charge in [-0.1, -0.05) is 25.1 Å². The van der Waals surface area contributed by atoms with Crippen LogP contribution in [0.2, 0.25) is 0 Å². The van der Waals surface area contributed by atoms with E-state index in [1.165, 1.54) is 0 Å². The quantitative estimate of drug-likeness (QED) is 0.933. The van der Waals surface area contributed by atoms with Gasteiger partial charge in [0.1, 0.15) is 0 Å². The minimum absolute atomic E-state index is 0.180. The first kappa shape index (κ1) is 16.4. The molecule has 0 bridgehead atoms. The van der Waals surface area contributed by atoms with Gasteiger partial charge in [0.05, 0.1) is 11.3 Å². The van der Waals surface area contributed by atoms with Crippen molar-refractivity contribution in [2.75, 3.05) is 42.9 Å². The molecule has 6 nitrogen and oxygen atoms in total. The van der Waals surface area contributed by atoms with Gasteiger partial charge in [-0.05, 0) is 25.6 Å². The van der Waals surface area contributed by atoms with E-state index in [1.807, 2.05) is 37.3 Å². The molecule has 1 aromatic heterocycles. The Balaban J connectivity index is 1.69. The van der Waals surface area contributed by atoms with Crippen LogP contribution in [0.25, 0.3) is 0 Å². The minimum atomic E-state index is -0.180. The van der Waals surface area contributed by atoms with Crippen molar-refractivity contribution in [3.05, 3.63) is 47.8 Å². The van der Waals surface area contributed by atoms with E-state index in [0.29, 0.717) is 17.2 Å². The van der Waals surface area contributed by atoms with E-state index in [4.69, 9.17) is 0 Å². The van der Waals surface area contributed by atoms with E-state index in [9.17, 15) is 4.79 Å². The van der Waals surface area contributed by atoms with Crippen molar-refractivity contribution < 1.29 is 4.79 Å². The highest BCUT2D eigenvalue weighted by Gasteiger charge is 2.19. The standard InChI is InChI=1S/C18H23N5O/c1-3-22-9-11-23(12-10-22)18-19-13-16(14(2)20-18)17(24)21-15-7-5-4-6-8-15/h4-8,13H,3,9-12H2,1-2H3,(H,21,24). The number of aryl methyl sites for hydroxylation is 1. The largest absolute Gasteiger partial charge is 0.338 e. The first-order valence-electron chi connectivity index (χ1n) is 8.34. The van der Waals surface area contributed by atoms with E-state index in [2.05, 4.69) is 32.0 Å². The third kappa shape index (κ3) is 3.71. The predicted molar refractivity (Wildman–Crippen MR) is 95.5 cm³/mol. The third-order valence-corrected chi connectivity index (χ3v) is 4.35. The van der Waals surface area contributed by atoms with E-state index >= 15 is 0 Å². The number of nitrogens with zero attached hydrogens (tertiary/aromatic N) is 4. The Morgan fingerprint density at radius 2 is 1.88 bits per heavy atom. The molecule has 1 amide bonds. The van der Waals surface area contributed by atoms with Crippen molar-refractivity contribution in [1.82, 2.24) is 14.9 Å². The Bertz CT molecular complexity index is 696. The Morgan fingerprint density at radius 3 is 2.50 bits per heavy atom. The highest BCUT2D eigenvalue weighted by Crippen LogP contribution is 2.15. The highest BCUT2D eigenvalue weighted by molar-refractivity contribution is 6.04. The number of rotatable bonds is 4. The topological polar surface area (TPSA) is 61.4 Å². The van der Waals surface area contributed by atoms with Crippen molar-refractivity contribution in [2.45, 2.75) is 13.8 Å². The molecule has 0 radical (unpaired) electrons. The van der Waals surface area contributed by atoms with Gasteiger partial charge in [-0.3, -0.25) is 4.79 Å². The molecular formula is C18H23N5O. The molecule has 1 N–H and O–H groups in total. The fourth-order valence-electron chi connectivity index (χ4n) is 2.81. The zero-order valence-electron chi connectivity index (χ0n) is 14.2. The Kier molecular flexibility index (Phi) is 5.05. The molecule has 0 aliphatic carbocycles. The summed E-state index contributed by atoms with van der Waals surface area (Å²) in [5.74, 6) is 0.528. The van der Waals surface area contributed by atoms with Gasteiger partial charge >= 0.3 is 0 Å². The third-order valence-electron chi connectivity index (χ3n) is 4.35. The number of aromatic nitrogens is 2. The smallest absolute Gasteiger partial charge is 0.259 e. The van der Waals surface area contributed by atoms with Crippen LogP contribution in [0.15, 0.2) is 36.5 Å². The predicted octanol–water partition coefficient (Wildman–Crippen LogP) is 2.18. The lowest BCUT2D eigenvalue weighted by Crippen LogP contribution is -2.46. The van der Waals surface area contributed by atoms with Crippen molar-refractivity contribution in [2.24, 2.45) is 0 Å². The lowest BCUT2D eigenvalue weighted by molar-refractivity contribution is 0.102. The van der Waals surface area contributed by atoms with Crippen molar-refractivity contribution in [1.29, 1.82) is 0 Å². The van der Waals surface area contributed by atoms with Crippen LogP contribution in [0.4, 0.5) is 11.6 Å². The molecule has 2 heterocycles. The second kappa shape index (κ2) is 7.40. The Morgan fingerprint density at radius 1 is 1.17 bits per heavy atom. The van der Waals surface area contributed by atoms with Crippen LogP contribution in [0.5, 0.6) is 0 Å². The highest BCUT2D eigenvalue weighted by atomic mass is 16.1. The molecule has 3 rings (SSSR count). The second-order valence-electron chi connectivity index (χ2n) is 5.91. The molecule has 0 spiro atoms. The normalized spacial score (nSPS) is 15.3. The number of benzene rings is 1. The Labute approximate surface area is 142 Å². The van der Waals surface area contributed by atoms with Gasteiger partial charge in [0.25, 0.3) is 5.91 Å². The molecule has 1 saturated heterocycles. The summed E-state index contributed by atoms with van der Waals surface area (Å²) in [5, 5.41) is 2.87. The van der Waals surface area contributed by atoms with Gasteiger partial charge in [-0.25, -0.2) is 9.97 Å². The number of carbonyl (C=O) groups is 1. The number of amides is 1. The number of nitrogens with one attached hydrogen (secondary N) is 1. The monoisotopic (exact) mass is 325 g/mol. The number of hydrogen-bond acceptors (Lipinski definition) is 5. The van der Waals surface area contributed by atoms with Crippen molar-refractivity contribution >= 4 is 17.5 Å². The Hall–Kier alpha value is -2.47. The molecule has 2 aromatic rings. The fourth-order valence-corrected chi connectivity index (χ4v) is 2.81. The summed E-state index contributed by atoms with van der Waals surface area (Å²) >= 11 is 0. The molecule has 0 atom stereocenters. The summed E-state index contributed by atoms with van der Waals surface area (Å²) in [4.78, 5) is 25.9. The van der Waals surface area contributed by atoms with Gasteiger partial charge < -0.3 is 15.1 Å². The maximum absolute atomic E-state index is 12.4. The molecule has 6 heteroatoms. The van der Waals surface area contributed by atoms with Gasteiger partial charge in [-0.15, -0.1) is 0 Å². The molecule has 1 aliphatic rings. The van der Waals surface area contributed by atoms with Crippen LogP contribution >= 0.6 is 0 Å².